The van der Waals surface area contributed by atoms with Gasteiger partial charge in [0.05, 0.1) is 0 Å². The standard InChI is InChI=1S/C10H10ClIS4/c1-13-9-5-15-3-7(9)12(11)8-4-16-6-10(8)14-2/h3-6H,1-2H3. The molecule has 0 aliphatic rings. The molecule has 0 bridgehead atoms. The van der Waals surface area contributed by atoms with E-state index in [4.69, 9.17) is 8.91 Å². The first-order chi connectivity index (χ1) is 7.77. The van der Waals surface area contributed by atoms with E-state index < -0.39 is 18.7 Å². The van der Waals surface area contributed by atoms with Crippen LogP contribution < -0.4 is 0 Å². The molecule has 16 heavy (non-hydrogen) atoms. The zero-order valence-electron chi connectivity index (χ0n) is 8.70. The summed E-state index contributed by atoms with van der Waals surface area (Å²) in [4.78, 5) is 2.73. The average molecular weight is 421 g/mol. The molecule has 6 heteroatoms. The van der Waals surface area contributed by atoms with Gasteiger partial charge < -0.3 is 0 Å². The van der Waals surface area contributed by atoms with Crippen molar-refractivity contribution >= 4 is 73.8 Å². The molecule has 0 amide bonds. The normalized spacial score (nSPS) is 11.8. The summed E-state index contributed by atoms with van der Waals surface area (Å²) in [6.45, 7) is 0. The minimum absolute atomic E-state index is 1.36. The van der Waals surface area contributed by atoms with E-state index in [9.17, 15) is 0 Å². The van der Waals surface area contributed by atoms with Crippen molar-refractivity contribution < 1.29 is 0 Å². The summed E-state index contributed by atoms with van der Waals surface area (Å²) < 4.78 is 2.80. The van der Waals surface area contributed by atoms with Crippen LogP contribution in [-0.2, 0) is 0 Å². The molecule has 0 fully saturated rings. The van der Waals surface area contributed by atoms with Crippen LogP contribution in [0, 0.1) is 7.14 Å². The van der Waals surface area contributed by atoms with Gasteiger partial charge in [0.25, 0.3) is 0 Å². The van der Waals surface area contributed by atoms with Crippen molar-refractivity contribution in [3.8, 4) is 0 Å². The molecule has 2 aromatic heterocycles. The Balaban J connectivity index is 2.35. The fourth-order valence-electron chi connectivity index (χ4n) is 1.18. The van der Waals surface area contributed by atoms with Crippen LogP contribution in [-0.4, -0.2) is 12.5 Å². The number of thiophene rings is 2. The van der Waals surface area contributed by atoms with E-state index in [-0.39, 0.29) is 0 Å². The predicted octanol–water partition coefficient (Wildman–Crippen LogP) is 5.95. The number of hydrogen-bond acceptors (Lipinski definition) is 4. The number of hydrogen-bond donors (Lipinski definition) is 0. The van der Waals surface area contributed by atoms with Gasteiger partial charge in [-0.15, -0.1) is 0 Å². The minimum atomic E-state index is -1.67. The van der Waals surface area contributed by atoms with Gasteiger partial charge in [-0.3, -0.25) is 0 Å². The summed E-state index contributed by atoms with van der Waals surface area (Å²) in [5.74, 6) is 0. The van der Waals surface area contributed by atoms with Gasteiger partial charge in [-0.25, -0.2) is 0 Å². The average Bonchev–Trinajstić information content (AvgIpc) is 2.96. The fraction of sp³-hybridized carbons (Fsp3) is 0.200. The summed E-state index contributed by atoms with van der Waals surface area (Å²) >= 11 is 5.45. The molecule has 0 radical (unpaired) electrons. The summed E-state index contributed by atoms with van der Waals surface area (Å²) in [5.41, 5.74) is 0. The van der Waals surface area contributed by atoms with E-state index in [1.54, 1.807) is 46.2 Å². The Labute approximate surface area is 123 Å². The maximum absolute atomic E-state index is 6.73. The number of thioether (sulfide) groups is 2. The molecule has 2 heterocycles. The van der Waals surface area contributed by atoms with Gasteiger partial charge in [0.15, 0.2) is 0 Å². The first-order valence-electron chi connectivity index (χ1n) is 4.34. The zero-order chi connectivity index (χ0) is 11.5. The summed E-state index contributed by atoms with van der Waals surface area (Å²) in [5, 5.41) is 8.87. The van der Waals surface area contributed by atoms with E-state index >= 15 is 0 Å². The Morgan fingerprint density at radius 3 is 1.75 bits per heavy atom. The second-order valence-electron chi connectivity index (χ2n) is 2.81. The van der Waals surface area contributed by atoms with Crippen LogP contribution >= 0.6 is 73.8 Å². The van der Waals surface area contributed by atoms with Gasteiger partial charge in [0, 0.05) is 0 Å². The Morgan fingerprint density at radius 2 is 1.38 bits per heavy atom. The van der Waals surface area contributed by atoms with Crippen LogP contribution in [0.5, 0.6) is 0 Å². The molecule has 0 spiro atoms. The molecule has 0 aromatic carbocycles. The van der Waals surface area contributed by atoms with E-state index in [1.807, 2.05) is 0 Å². The van der Waals surface area contributed by atoms with Crippen molar-refractivity contribution in [2.75, 3.05) is 12.5 Å². The first-order valence-corrected chi connectivity index (χ1v) is 13.6. The molecule has 2 rings (SSSR count). The molecule has 0 aliphatic carbocycles. The molecule has 0 saturated carbocycles. The van der Waals surface area contributed by atoms with E-state index in [0.29, 0.717) is 0 Å². The predicted molar refractivity (Wildman–Crippen MR) is 89.5 cm³/mol. The van der Waals surface area contributed by atoms with Crippen molar-refractivity contribution in [3.63, 3.8) is 0 Å². The Hall–Kier alpha value is 1.12. The summed E-state index contributed by atoms with van der Waals surface area (Å²) in [6, 6.07) is 0. The second-order valence-corrected chi connectivity index (χ2v) is 11.6. The third-order valence-electron chi connectivity index (χ3n) is 1.96. The van der Waals surface area contributed by atoms with Crippen LogP contribution in [0.1, 0.15) is 0 Å². The van der Waals surface area contributed by atoms with Crippen molar-refractivity contribution in [3.05, 3.63) is 28.7 Å². The van der Waals surface area contributed by atoms with Crippen molar-refractivity contribution in [1.82, 2.24) is 0 Å². The van der Waals surface area contributed by atoms with Crippen LogP contribution in [0.25, 0.3) is 0 Å². The topological polar surface area (TPSA) is 0 Å². The Kier molecular flexibility index (Phi) is 5.36. The molecule has 0 unspecified atom stereocenters. The monoisotopic (exact) mass is 420 g/mol. The van der Waals surface area contributed by atoms with Crippen molar-refractivity contribution in [2.24, 2.45) is 0 Å². The molecule has 2 aromatic rings. The van der Waals surface area contributed by atoms with Crippen molar-refractivity contribution in [2.45, 2.75) is 9.79 Å². The maximum atomic E-state index is 6.73. The molecule has 0 saturated heterocycles. The molecule has 0 nitrogen and oxygen atoms in total. The van der Waals surface area contributed by atoms with Gasteiger partial charge in [-0.05, 0) is 0 Å². The summed E-state index contributed by atoms with van der Waals surface area (Å²) in [7, 11) is 6.73. The first kappa shape index (κ1) is 13.5. The van der Waals surface area contributed by atoms with E-state index in [0.717, 1.165) is 0 Å². The molecular formula is C10H10ClIS4. The fourth-order valence-corrected chi connectivity index (χ4v) is 14.1. The number of halogens is 2. The quantitative estimate of drug-likeness (QED) is 0.442. The van der Waals surface area contributed by atoms with Crippen molar-refractivity contribution in [1.29, 1.82) is 0 Å². The van der Waals surface area contributed by atoms with Crippen LogP contribution in [0.2, 0.25) is 0 Å². The van der Waals surface area contributed by atoms with E-state index in [1.165, 1.54) is 16.9 Å². The molecule has 0 atom stereocenters. The third-order valence-corrected chi connectivity index (χ3v) is 12.8. The van der Waals surface area contributed by atoms with Gasteiger partial charge >= 0.3 is 125 Å². The van der Waals surface area contributed by atoms with Gasteiger partial charge in [-0.2, -0.15) is 0 Å². The molecule has 0 aliphatic heterocycles. The SMILES string of the molecule is CSc1cscc1I(Cl)c1cscc1SC. The number of rotatable bonds is 4. The zero-order valence-corrected chi connectivity index (χ0v) is 14.9. The van der Waals surface area contributed by atoms with Crippen LogP contribution in [0.3, 0.4) is 0 Å². The van der Waals surface area contributed by atoms with Gasteiger partial charge in [-0.1, -0.05) is 0 Å². The molecule has 88 valence electrons. The molecule has 0 N–H and O–H groups in total. The van der Waals surface area contributed by atoms with Crippen LogP contribution in [0.15, 0.2) is 31.3 Å². The van der Waals surface area contributed by atoms with Gasteiger partial charge in [0.1, 0.15) is 0 Å². The molecular weight excluding hydrogens is 411 g/mol. The van der Waals surface area contributed by atoms with E-state index in [2.05, 4.69) is 34.0 Å². The Morgan fingerprint density at radius 1 is 0.938 bits per heavy atom. The Bertz CT molecular complexity index is 423. The van der Waals surface area contributed by atoms with Gasteiger partial charge in [0.2, 0.25) is 0 Å². The van der Waals surface area contributed by atoms with Crippen LogP contribution in [0.4, 0.5) is 0 Å². The third kappa shape index (κ3) is 2.75. The summed E-state index contributed by atoms with van der Waals surface area (Å²) in [6.07, 6.45) is 4.24. The second kappa shape index (κ2) is 6.33.